The number of carbonyl (C=O) groups is 4. The molecule has 1 rings (SSSR count). The number of rotatable bonds is 4. The molecule has 0 unspecified atom stereocenters. The van der Waals surface area contributed by atoms with Crippen molar-refractivity contribution >= 4 is 24.0 Å². The Morgan fingerprint density at radius 3 is 2.57 bits per heavy atom. The quantitative estimate of drug-likeness (QED) is 0.307. The van der Waals surface area contributed by atoms with Crippen LogP contribution < -0.4 is 0 Å². The van der Waals surface area contributed by atoms with E-state index in [1.165, 1.54) is 0 Å². The minimum atomic E-state index is -1.56. The van der Waals surface area contributed by atoms with E-state index in [-0.39, 0.29) is 6.47 Å². The monoisotopic (exact) mass is 202 g/mol. The largest absolute Gasteiger partial charge is 0.465 e. The van der Waals surface area contributed by atoms with Gasteiger partial charge in [0.05, 0.1) is 0 Å². The molecular weight excluding hydrogens is 196 g/mol. The molecule has 1 saturated heterocycles. The van der Waals surface area contributed by atoms with Gasteiger partial charge in [-0.2, -0.15) is 0 Å². The second-order valence-electron chi connectivity index (χ2n) is 2.52. The molecule has 0 bridgehead atoms. The Kier molecular flexibility index (Phi) is 2.92. The van der Waals surface area contributed by atoms with Crippen molar-refractivity contribution in [3.63, 3.8) is 0 Å². The lowest BCUT2D eigenvalue weighted by Crippen LogP contribution is -2.36. The highest BCUT2D eigenvalue weighted by molar-refractivity contribution is 6.65. The predicted molar refractivity (Wildman–Crippen MR) is 37.9 cm³/mol. The summed E-state index contributed by atoms with van der Waals surface area (Å²) in [5, 5.41) is 9.15. The molecule has 0 aromatic carbocycles. The van der Waals surface area contributed by atoms with Gasteiger partial charge in [0.1, 0.15) is 12.7 Å². The van der Waals surface area contributed by atoms with E-state index in [4.69, 9.17) is 5.11 Å². The van der Waals surface area contributed by atoms with E-state index in [1.807, 2.05) is 0 Å². The zero-order valence-electron chi connectivity index (χ0n) is 6.84. The number of aliphatic hydroxyl groups excluding tert-OH is 1. The average molecular weight is 202 g/mol. The molecule has 1 N–H and O–H groups in total. The smallest absolute Gasteiger partial charge is 0.383 e. The molecule has 0 radical (unpaired) electrons. The number of hydrogen-bond donors (Lipinski definition) is 1. The van der Waals surface area contributed by atoms with E-state index >= 15 is 0 Å². The molecule has 14 heavy (non-hydrogen) atoms. The molecule has 76 valence electrons. The van der Waals surface area contributed by atoms with Gasteiger partial charge in [0, 0.05) is 0 Å². The SMILES string of the molecule is O=COC[C@H](O)[C@H]1OC(=O)C(=O)C1=O. The van der Waals surface area contributed by atoms with Crippen LogP contribution in [0.25, 0.3) is 0 Å². The molecule has 0 aliphatic carbocycles. The third kappa shape index (κ3) is 1.77. The Labute approximate surface area is 77.6 Å². The van der Waals surface area contributed by atoms with E-state index in [1.54, 1.807) is 0 Å². The number of Topliss-reactive ketones (excluding diaryl/α,β-unsaturated/α-hetero) is 2. The second kappa shape index (κ2) is 3.97. The number of esters is 1. The fraction of sp³-hybridized carbons (Fsp3) is 0.429. The minimum absolute atomic E-state index is 0.0618. The topological polar surface area (TPSA) is 107 Å². The highest BCUT2D eigenvalue weighted by Crippen LogP contribution is 2.11. The van der Waals surface area contributed by atoms with Gasteiger partial charge in [-0.15, -0.1) is 0 Å². The summed E-state index contributed by atoms with van der Waals surface area (Å²) in [4.78, 5) is 41.9. The summed E-state index contributed by atoms with van der Waals surface area (Å²) in [6.45, 7) is -0.452. The molecule has 1 aliphatic rings. The van der Waals surface area contributed by atoms with Crippen molar-refractivity contribution in [1.29, 1.82) is 0 Å². The lowest BCUT2D eigenvalue weighted by molar-refractivity contribution is -0.153. The molecule has 0 aromatic heterocycles. The van der Waals surface area contributed by atoms with Crippen LogP contribution in [-0.2, 0) is 28.7 Å². The van der Waals surface area contributed by atoms with Crippen molar-refractivity contribution in [2.24, 2.45) is 0 Å². The zero-order chi connectivity index (χ0) is 10.7. The zero-order valence-corrected chi connectivity index (χ0v) is 6.84. The Morgan fingerprint density at radius 1 is 1.50 bits per heavy atom. The number of carbonyl (C=O) groups excluding carboxylic acids is 4. The molecule has 1 heterocycles. The van der Waals surface area contributed by atoms with Crippen LogP contribution in [0.15, 0.2) is 0 Å². The second-order valence-corrected chi connectivity index (χ2v) is 2.52. The molecule has 7 nitrogen and oxygen atoms in total. The van der Waals surface area contributed by atoms with Crippen LogP contribution in [0.1, 0.15) is 0 Å². The van der Waals surface area contributed by atoms with Crippen molar-refractivity contribution < 1.29 is 33.8 Å². The first kappa shape index (κ1) is 10.3. The molecule has 0 aromatic rings. The Hall–Kier alpha value is -1.76. The molecule has 0 amide bonds. The van der Waals surface area contributed by atoms with E-state index in [9.17, 15) is 19.2 Å². The molecule has 7 heteroatoms. The lowest BCUT2D eigenvalue weighted by Gasteiger charge is -2.12. The van der Waals surface area contributed by atoms with Crippen molar-refractivity contribution in [2.75, 3.05) is 6.61 Å². The van der Waals surface area contributed by atoms with Gasteiger partial charge in [-0.05, 0) is 0 Å². The third-order valence-electron chi connectivity index (χ3n) is 1.59. The first-order valence-corrected chi connectivity index (χ1v) is 3.60. The highest BCUT2D eigenvalue weighted by atomic mass is 16.6. The van der Waals surface area contributed by atoms with E-state index in [2.05, 4.69) is 9.47 Å². The molecule has 2 atom stereocenters. The number of ketones is 2. The molecule has 1 aliphatic heterocycles. The van der Waals surface area contributed by atoms with Gasteiger partial charge in [-0.3, -0.25) is 14.4 Å². The Balaban J connectivity index is 2.61. The summed E-state index contributed by atoms with van der Waals surface area (Å²) in [5.74, 6) is -3.73. The van der Waals surface area contributed by atoms with Gasteiger partial charge < -0.3 is 14.6 Å². The molecular formula is C7H6O7. The maximum Gasteiger partial charge on any atom is 0.383 e. The van der Waals surface area contributed by atoms with E-state index < -0.39 is 36.4 Å². The average Bonchev–Trinajstić information content (AvgIpc) is 2.42. The first-order chi connectivity index (χ1) is 6.57. The van der Waals surface area contributed by atoms with Gasteiger partial charge in [-0.25, -0.2) is 4.79 Å². The molecule has 1 fully saturated rings. The van der Waals surface area contributed by atoms with Crippen molar-refractivity contribution in [3.8, 4) is 0 Å². The summed E-state index contributed by atoms with van der Waals surface area (Å²) in [5.41, 5.74) is 0. The van der Waals surface area contributed by atoms with Gasteiger partial charge in [-0.1, -0.05) is 0 Å². The summed E-state index contributed by atoms with van der Waals surface area (Å²) >= 11 is 0. The summed E-state index contributed by atoms with van der Waals surface area (Å²) in [7, 11) is 0. The van der Waals surface area contributed by atoms with Crippen molar-refractivity contribution in [3.05, 3.63) is 0 Å². The highest BCUT2D eigenvalue weighted by Gasteiger charge is 2.46. The maximum absolute atomic E-state index is 10.9. The van der Waals surface area contributed by atoms with Crippen LogP contribution in [-0.4, -0.2) is 47.9 Å². The maximum atomic E-state index is 10.9. The van der Waals surface area contributed by atoms with Crippen LogP contribution in [0.4, 0.5) is 0 Å². The van der Waals surface area contributed by atoms with Crippen molar-refractivity contribution in [1.82, 2.24) is 0 Å². The van der Waals surface area contributed by atoms with Crippen LogP contribution in [0, 0.1) is 0 Å². The van der Waals surface area contributed by atoms with Gasteiger partial charge >= 0.3 is 11.8 Å². The van der Waals surface area contributed by atoms with Crippen LogP contribution in [0.2, 0.25) is 0 Å². The first-order valence-electron chi connectivity index (χ1n) is 3.60. The number of hydrogen-bond acceptors (Lipinski definition) is 7. The number of aliphatic hydroxyl groups is 1. The van der Waals surface area contributed by atoms with Gasteiger partial charge in [0.2, 0.25) is 0 Å². The van der Waals surface area contributed by atoms with Gasteiger partial charge in [0.25, 0.3) is 12.3 Å². The summed E-state index contributed by atoms with van der Waals surface area (Å²) in [6.07, 6.45) is -3.07. The third-order valence-corrected chi connectivity index (χ3v) is 1.59. The number of cyclic esters (lactones) is 1. The molecule has 0 spiro atoms. The summed E-state index contributed by atoms with van der Waals surface area (Å²) < 4.78 is 8.40. The predicted octanol–water partition coefficient (Wildman–Crippen LogP) is -2.42. The standard InChI is InChI=1S/C7H6O7/c8-2-13-1-3(9)6-4(10)5(11)7(12)14-6/h2-3,6,9H,1H2/t3-,6+/m0/s1. The van der Waals surface area contributed by atoms with E-state index in [0.29, 0.717) is 0 Å². The Bertz CT molecular complexity index is 294. The van der Waals surface area contributed by atoms with Crippen molar-refractivity contribution in [2.45, 2.75) is 12.2 Å². The summed E-state index contributed by atoms with van der Waals surface area (Å²) in [6, 6.07) is 0. The van der Waals surface area contributed by atoms with Gasteiger partial charge in [0.15, 0.2) is 6.10 Å². The van der Waals surface area contributed by atoms with Crippen LogP contribution in [0.5, 0.6) is 0 Å². The Morgan fingerprint density at radius 2 is 2.14 bits per heavy atom. The van der Waals surface area contributed by atoms with Crippen LogP contribution >= 0.6 is 0 Å². The lowest BCUT2D eigenvalue weighted by atomic mass is 10.1. The van der Waals surface area contributed by atoms with Crippen LogP contribution in [0.3, 0.4) is 0 Å². The normalized spacial score (nSPS) is 23.2. The minimum Gasteiger partial charge on any atom is -0.465 e. The number of ether oxygens (including phenoxy) is 2. The molecule has 0 saturated carbocycles. The van der Waals surface area contributed by atoms with E-state index in [0.717, 1.165) is 0 Å². The fourth-order valence-electron chi connectivity index (χ4n) is 0.931. The fourth-order valence-corrected chi connectivity index (χ4v) is 0.931.